The van der Waals surface area contributed by atoms with Crippen molar-refractivity contribution in [2.75, 3.05) is 6.61 Å². The van der Waals surface area contributed by atoms with Crippen LogP contribution in [0.1, 0.15) is 181 Å². The summed E-state index contributed by atoms with van der Waals surface area (Å²) in [4.78, 5) is 12.4. The molecule has 4 atom stereocenters. The molecule has 0 fully saturated rings. The zero-order valence-corrected chi connectivity index (χ0v) is 30.1. The van der Waals surface area contributed by atoms with Crippen LogP contribution in [0.25, 0.3) is 0 Å². The van der Waals surface area contributed by atoms with Crippen LogP contribution in [0.3, 0.4) is 0 Å². The molecule has 0 radical (unpaired) electrons. The highest BCUT2D eigenvalue weighted by Crippen LogP contribution is 2.15. The number of carbonyl (C=O) groups is 1. The molecule has 46 heavy (non-hydrogen) atoms. The average Bonchev–Trinajstić information content (AvgIpc) is 3.06. The second kappa shape index (κ2) is 34.9. The van der Waals surface area contributed by atoms with Gasteiger partial charge in [0.05, 0.1) is 18.8 Å². The van der Waals surface area contributed by atoms with Crippen molar-refractivity contribution in [1.82, 2.24) is 5.32 Å². The molecule has 0 aliphatic rings. The fraction of sp³-hybridized carbons (Fsp3) is 0.825. The minimum absolute atomic E-state index is 0.361. The molecule has 0 aliphatic heterocycles. The number of allylic oxidation sites excluding steroid dienone is 6. The zero-order valence-electron chi connectivity index (χ0n) is 30.1. The lowest BCUT2D eigenvalue weighted by molar-refractivity contribution is -0.132. The van der Waals surface area contributed by atoms with Gasteiger partial charge in [-0.15, -0.1) is 0 Å². The molecule has 0 bridgehead atoms. The van der Waals surface area contributed by atoms with Crippen molar-refractivity contribution in [2.45, 2.75) is 205 Å². The maximum absolute atomic E-state index is 12.4. The van der Waals surface area contributed by atoms with Gasteiger partial charge in [-0.1, -0.05) is 159 Å². The highest BCUT2D eigenvalue weighted by molar-refractivity contribution is 5.80. The second-order valence-electron chi connectivity index (χ2n) is 13.3. The summed E-state index contributed by atoms with van der Waals surface area (Å²) in [7, 11) is 0. The van der Waals surface area contributed by atoms with Crippen LogP contribution >= 0.6 is 0 Å². The first-order valence-electron chi connectivity index (χ1n) is 19.4. The molecule has 0 aromatic carbocycles. The van der Waals surface area contributed by atoms with Crippen LogP contribution in [0.15, 0.2) is 36.5 Å². The van der Waals surface area contributed by atoms with Gasteiger partial charge in [0.25, 0.3) is 0 Å². The SMILES string of the molecule is CCCC/C=C/CC/C=C/CC/C=C/CCCC(O)C(O)C(CO)NC(=O)C(O)CCCCCCCCCCCCCCCCC. The quantitative estimate of drug-likeness (QED) is 0.0352. The molecule has 0 aliphatic carbocycles. The second-order valence-corrected chi connectivity index (χ2v) is 13.3. The van der Waals surface area contributed by atoms with E-state index >= 15 is 0 Å². The monoisotopic (exact) mass is 650 g/mol. The number of unbranched alkanes of at least 4 members (excludes halogenated alkanes) is 19. The Bertz CT molecular complexity index is 737. The maximum atomic E-state index is 12.4. The Morgan fingerprint density at radius 3 is 1.35 bits per heavy atom. The summed E-state index contributed by atoms with van der Waals surface area (Å²) in [5.41, 5.74) is 0. The Morgan fingerprint density at radius 1 is 0.522 bits per heavy atom. The lowest BCUT2D eigenvalue weighted by Gasteiger charge is -2.27. The Labute approximate surface area is 284 Å². The summed E-state index contributed by atoms with van der Waals surface area (Å²) < 4.78 is 0. The van der Waals surface area contributed by atoms with Gasteiger partial charge < -0.3 is 25.7 Å². The third-order valence-electron chi connectivity index (χ3n) is 8.81. The van der Waals surface area contributed by atoms with Crippen molar-refractivity contribution in [3.8, 4) is 0 Å². The fourth-order valence-corrected chi connectivity index (χ4v) is 5.66. The molecule has 0 aromatic rings. The number of hydrogen-bond donors (Lipinski definition) is 5. The average molecular weight is 650 g/mol. The van der Waals surface area contributed by atoms with Crippen LogP contribution in [0.4, 0.5) is 0 Å². The number of nitrogens with one attached hydrogen (secondary N) is 1. The van der Waals surface area contributed by atoms with Gasteiger partial charge in [0.2, 0.25) is 5.91 Å². The van der Waals surface area contributed by atoms with E-state index in [0.717, 1.165) is 51.4 Å². The van der Waals surface area contributed by atoms with Crippen LogP contribution in [0.5, 0.6) is 0 Å². The standard InChI is InChI=1S/C40H75NO5/c1-3-5-7-9-11-13-15-17-19-21-23-25-27-29-31-33-37(43)39(45)36(35-42)41-40(46)38(44)34-32-30-28-26-24-22-20-18-16-14-12-10-8-6-4-2/h9,11,17,19,25,27,36-39,42-45H,3-8,10,12-16,18,20-24,26,28-35H2,1-2H3,(H,41,46)/b11-9+,19-17+,27-25+. The van der Waals surface area contributed by atoms with Crippen molar-refractivity contribution < 1.29 is 25.2 Å². The summed E-state index contributed by atoms with van der Waals surface area (Å²) in [6.07, 6.45) is 38.7. The molecular weight excluding hydrogens is 574 g/mol. The van der Waals surface area contributed by atoms with Gasteiger partial charge in [-0.3, -0.25) is 4.79 Å². The van der Waals surface area contributed by atoms with Crippen molar-refractivity contribution in [3.63, 3.8) is 0 Å². The number of amides is 1. The molecule has 0 saturated heterocycles. The van der Waals surface area contributed by atoms with E-state index in [2.05, 4.69) is 55.6 Å². The van der Waals surface area contributed by atoms with Gasteiger partial charge in [-0.2, -0.15) is 0 Å². The van der Waals surface area contributed by atoms with Gasteiger partial charge >= 0.3 is 0 Å². The van der Waals surface area contributed by atoms with E-state index < -0.39 is 36.9 Å². The normalized spacial score (nSPS) is 14.8. The van der Waals surface area contributed by atoms with E-state index in [4.69, 9.17) is 0 Å². The van der Waals surface area contributed by atoms with Crippen LogP contribution in [-0.4, -0.2) is 57.3 Å². The molecule has 0 rings (SSSR count). The van der Waals surface area contributed by atoms with Crippen molar-refractivity contribution >= 4 is 5.91 Å². The lowest BCUT2D eigenvalue weighted by atomic mass is 10.00. The predicted molar refractivity (Wildman–Crippen MR) is 196 cm³/mol. The minimum Gasteiger partial charge on any atom is -0.394 e. The van der Waals surface area contributed by atoms with Gasteiger partial charge in [-0.25, -0.2) is 0 Å². The van der Waals surface area contributed by atoms with E-state index in [1.54, 1.807) is 0 Å². The lowest BCUT2D eigenvalue weighted by Crippen LogP contribution is -2.53. The molecular formula is C40H75NO5. The number of carbonyl (C=O) groups excluding carboxylic acids is 1. The number of aliphatic hydroxyl groups excluding tert-OH is 4. The number of rotatable bonds is 34. The zero-order chi connectivity index (χ0) is 33.9. The molecule has 6 nitrogen and oxygen atoms in total. The van der Waals surface area contributed by atoms with Crippen LogP contribution in [-0.2, 0) is 4.79 Å². The molecule has 270 valence electrons. The Balaban J connectivity index is 3.88. The van der Waals surface area contributed by atoms with E-state index in [1.807, 2.05) is 0 Å². The minimum atomic E-state index is -1.29. The van der Waals surface area contributed by atoms with Gasteiger partial charge in [-0.05, 0) is 57.8 Å². The molecule has 1 amide bonds. The molecule has 0 aromatic heterocycles. The highest BCUT2D eigenvalue weighted by Gasteiger charge is 2.28. The summed E-state index contributed by atoms with van der Waals surface area (Å²) in [6.45, 7) is 3.97. The third-order valence-corrected chi connectivity index (χ3v) is 8.81. The third kappa shape index (κ3) is 28.7. The first kappa shape index (κ1) is 44.5. The van der Waals surface area contributed by atoms with Crippen molar-refractivity contribution in [2.24, 2.45) is 0 Å². The smallest absolute Gasteiger partial charge is 0.249 e. The van der Waals surface area contributed by atoms with Crippen LogP contribution < -0.4 is 5.32 Å². The van der Waals surface area contributed by atoms with Crippen LogP contribution in [0.2, 0.25) is 0 Å². The van der Waals surface area contributed by atoms with Crippen molar-refractivity contribution in [1.29, 1.82) is 0 Å². The Hall–Kier alpha value is -1.47. The van der Waals surface area contributed by atoms with Gasteiger partial charge in [0.1, 0.15) is 12.2 Å². The topological polar surface area (TPSA) is 110 Å². The highest BCUT2D eigenvalue weighted by atomic mass is 16.3. The first-order chi connectivity index (χ1) is 22.5. The largest absolute Gasteiger partial charge is 0.394 e. The van der Waals surface area contributed by atoms with E-state index in [9.17, 15) is 25.2 Å². The maximum Gasteiger partial charge on any atom is 0.249 e. The first-order valence-corrected chi connectivity index (χ1v) is 19.4. The number of hydrogen-bond acceptors (Lipinski definition) is 5. The summed E-state index contributed by atoms with van der Waals surface area (Å²) in [5, 5.41) is 43.4. The molecule has 0 heterocycles. The fourth-order valence-electron chi connectivity index (χ4n) is 5.66. The van der Waals surface area contributed by atoms with Gasteiger partial charge in [0.15, 0.2) is 0 Å². The summed E-state index contributed by atoms with van der Waals surface area (Å²) in [6, 6.07) is -1.01. The molecule has 0 spiro atoms. The summed E-state index contributed by atoms with van der Waals surface area (Å²) >= 11 is 0. The molecule has 4 unspecified atom stereocenters. The van der Waals surface area contributed by atoms with E-state index in [0.29, 0.717) is 19.3 Å². The van der Waals surface area contributed by atoms with Gasteiger partial charge in [0, 0.05) is 0 Å². The predicted octanol–water partition coefficient (Wildman–Crippen LogP) is 9.40. The molecule has 0 saturated carbocycles. The molecule has 5 N–H and O–H groups in total. The van der Waals surface area contributed by atoms with E-state index in [-0.39, 0.29) is 0 Å². The van der Waals surface area contributed by atoms with Crippen molar-refractivity contribution in [3.05, 3.63) is 36.5 Å². The molecule has 6 heteroatoms. The summed E-state index contributed by atoms with van der Waals surface area (Å²) in [5.74, 6) is -0.601. The van der Waals surface area contributed by atoms with E-state index in [1.165, 1.54) is 96.3 Å². The Morgan fingerprint density at radius 2 is 0.913 bits per heavy atom. The van der Waals surface area contributed by atoms with Crippen LogP contribution in [0, 0.1) is 0 Å². The number of aliphatic hydroxyl groups is 4. The Kier molecular flexibility index (Phi) is 33.7.